The van der Waals surface area contributed by atoms with Crippen molar-refractivity contribution in [3.63, 3.8) is 0 Å². The molecule has 6 nitrogen and oxygen atoms in total. The number of aromatic hydroxyl groups is 1. The van der Waals surface area contributed by atoms with Crippen molar-refractivity contribution in [2.45, 2.75) is 25.8 Å². The molecule has 1 saturated heterocycles. The fraction of sp³-hybridized carbons (Fsp3) is 0.429. The molecule has 0 bridgehead atoms. The zero-order chi connectivity index (χ0) is 14.7. The number of esters is 1. The minimum Gasteiger partial charge on any atom is -0.506 e. The van der Waals surface area contributed by atoms with Crippen molar-refractivity contribution in [1.82, 2.24) is 4.90 Å². The maximum absolute atomic E-state index is 12.4. The second-order valence-corrected chi connectivity index (χ2v) is 4.68. The summed E-state index contributed by atoms with van der Waals surface area (Å²) in [6, 6.07) is 3.79. The molecule has 1 aliphatic heterocycles. The fourth-order valence-electron chi connectivity index (χ4n) is 2.34. The molecule has 1 heterocycles. The SMILES string of the molecule is CCOC(=O)C1CCCN1C(=O)c1ccc(N)c(O)c1. The first-order valence-corrected chi connectivity index (χ1v) is 6.60. The van der Waals surface area contributed by atoms with Crippen LogP contribution in [0.4, 0.5) is 5.69 Å². The highest BCUT2D eigenvalue weighted by Gasteiger charge is 2.35. The largest absolute Gasteiger partial charge is 0.506 e. The summed E-state index contributed by atoms with van der Waals surface area (Å²) in [6.45, 7) is 2.53. The van der Waals surface area contributed by atoms with E-state index in [-0.39, 0.29) is 23.3 Å². The first-order valence-electron chi connectivity index (χ1n) is 6.60. The summed E-state index contributed by atoms with van der Waals surface area (Å²) in [5.74, 6) is -0.809. The van der Waals surface area contributed by atoms with Crippen molar-refractivity contribution in [3.8, 4) is 5.75 Å². The Morgan fingerprint density at radius 2 is 2.25 bits per heavy atom. The Hall–Kier alpha value is -2.24. The molecule has 0 aliphatic carbocycles. The standard InChI is InChI=1S/C14H18N2O4/c1-2-20-14(19)11-4-3-7-16(11)13(18)9-5-6-10(15)12(17)8-9/h5-6,8,11,17H,2-4,7,15H2,1H3. The van der Waals surface area contributed by atoms with Crippen LogP contribution in [0.5, 0.6) is 5.75 Å². The highest BCUT2D eigenvalue weighted by molar-refractivity contribution is 5.98. The van der Waals surface area contributed by atoms with Gasteiger partial charge in [-0.05, 0) is 38.0 Å². The van der Waals surface area contributed by atoms with Gasteiger partial charge in [-0.2, -0.15) is 0 Å². The summed E-state index contributed by atoms with van der Waals surface area (Å²) in [7, 11) is 0. The number of anilines is 1. The van der Waals surface area contributed by atoms with Gasteiger partial charge >= 0.3 is 5.97 Å². The van der Waals surface area contributed by atoms with Crippen LogP contribution in [0.3, 0.4) is 0 Å². The van der Waals surface area contributed by atoms with Crippen LogP contribution in [0.1, 0.15) is 30.1 Å². The monoisotopic (exact) mass is 278 g/mol. The molecule has 0 radical (unpaired) electrons. The molecule has 1 atom stereocenters. The summed E-state index contributed by atoms with van der Waals surface area (Å²) in [4.78, 5) is 25.7. The third-order valence-electron chi connectivity index (χ3n) is 3.35. The van der Waals surface area contributed by atoms with Crippen LogP contribution < -0.4 is 5.73 Å². The number of rotatable bonds is 3. The molecule has 1 unspecified atom stereocenters. The van der Waals surface area contributed by atoms with Crippen molar-refractivity contribution >= 4 is 17.6 Å². The number of ether oxygens (including phenoxy) is 1. The van der Waals surface area contributed by atoms with Crippen LogP contribution in [0.25, 0.3) is 0 Å². The van der Waals surface area contributed by atoms with Gasteiger partial charge in [0.05, 0.1) is 12.3 Å². The van der Waals surface area contributed by atoms with Gasteiger partial charge in [0.25, 0.3) is 5.91 Å². The maximum Gasteiger partial charge on any atom is 0.328 e. The van der Waals surface area contributed by atoms with E-state index in [1.54, 1.807) is 6.92 Å². The molecule has 0 spiro atoms. The van der Waals surface area contributed by atoms with Gasteiger partial charge in [-0.3, -0.25) is 4.79 Å². The van der Waals surface area contributed by atoms with E-state index in [1.807, 2.05) is 0 Å². The molecule has 20 heavy (non-hydrogen) atoms. The Bertz CT molecular complexity index is 530. The molecule has 1 aromatic rings. The first-order chi connectivity index (χ1) is 9.54. The molecule has 6 heteroatoms. The van der Waals surface area contributed by atoms with E-state index in [2.05, 4.69) is 0 Å². The van der Waals surface area contributed by atoms with E-state index in [9.17, 15) is 14.7 Å². The number of phenols is 1. The highest BCUT2D eigenvalue weighted by Crippen LogP contribution is 2.25. The van der Waals surface area contributed by atoms with Crippen molar-refractivity contribution in [3.05, 3.63) is 23.8 Å². The van der Waals surface area contributed by atoms with Crippen molar-refractivity contribution in [2.75, 3.05) is 18.9 Å². The second kappa shape index (κ2) is 5.81. The van der Waals surface area contributed by atoms with Crippen LogP contribution in [0, 0.1) is 0 Å². The van der Waals surface area contributed by atoms with Crippen molar-refractivity contribution in [1.29, 1.82) is 0 Å². The quantitative estimate of drug-likeness (QED) is 0.491. The van der Waals surface area contributed by atoms with E-state index >= 15 is 0 Å². The smallest absolute Gasteiger partial charge is 0.328 e. The van der Waals surface area contributed by atoms with Gasteiger partial charge in [-0.25, -0.2) is 4.79 Å². The number of hydrogen-bond acceptors (Lipinski definition) is 5. The van der Waals surface area contributed by atoms with Crippen LogP contribution in [0.15, 0.2) is 18.2 Å². The summed E-state index contributed by atoms with van der Waals surface area (Å²) >= 11 is 0. The summed E-state index contributed by atoms with van der Waals surface area (Å²) in [5, 5.41) is 9.56. The van der Waals surface area contributed by atoms with Gasteiger partial charge in [-0.1, -0.05) is 0 Å². The number of hydrogen-bond donors (Lipinski definition) is 2. The van der Waals surface area contributed by atoms with Crippen molar-refractivity contribution in [2.24, 2.45) is 0 Å². The molecule has 1 aromatic carbocycles. The van der Waals surface area contributed by atoms with Crippen LogP contribution in [0.2, 0.25) is 0 Å². The average molecular weight is 278 g/mol. The normalized spacial score (nSPS) is 18.1. The molecule has 0 aromatic heterocycles. The predicted octanol–water partition coefficient (Wildman–Crippen LogP) is 1.14. The number of nitrogens with zero attached hydrogens (tertiary/aromatic N) is 1. The predicted molar refractivity (Wildman–Crippen MR) is 73.2 cm³/mol. The molecule has 3 N–H and O–H groups in total. The molecular weight excluding hydrogens is 260 g/mol. The van der Waals surface area contributed by atoms with Gasteiger partial charge in [0.15, 0.2) is 0 Å². The lowest BCUT2D eigenvalue weighted by molar-refractivity contribution is -0.147. The Balaban J connectivity index is 2.18. The Kier molecular flexibility index (Phi) is 4.12. The lowest BCUT2D eigenvalue weighted by Crippen LogP contribution is -2.41. The van der Waals surface area contributed by atoms with Gasteiger partial charge in [0.2, 0.25) is 0 Å². The number of phenolic OH excluding ortho intramolecular Hbond substituents is 1. The van der Waals surface area contributed by atoms with Gasteiger partial charge in [0, 0.05) is 12.1 Å². The zero-order valence-corrected chi connectivity index (χ0v) is 11.3. The second-order valence-electron chi connectivity index (χ2n) is 4.68. The first kappa shape index (κ1) is 14.2. The van der Waals surface area contributed by atoms with E-state index < -0.39 is 6.04 Å². The average Bonchev–Trinajstić information content (AvgIpc) is 2.90. The van der Waals surface area contributed by atoms with E-state index in [4.69, 9.17) is 10.5 Å². The minimum absolute atomic E-state index is 0.136. The van der Waals surface area contributed by atoms with E-state index in [0.29, 0.717) is 25.1 Å². The Morgan fingerprint density at radius 1 is 1.50 bits per heavy atom. The topological polar surface area (TPSA) is 92.9 Å². The maximum atomic E-state index is 12.4. The molecule has 1 fully saturated rings. The van der Waals surface area contributed by atoms with E-state index in [0.717, 1.165) is 6.42 Å². The number of benzene rings is 1. The van der Waals surface area contributed by atoms with Gasteiger partial charge < -0.3 is 20.5 Å². The highest BCUT2D eigenvalue weighted by atomic mass is 16.5. The number of carbonyl (C=O) groups excluding carboxylic acids is 2. The number of amides is 1. The summed E-state index contributed by atoms with van der Waals surface area (Å²) in [6.07, 6.45) is 1.36. The molecule has 2 rings (SSSR count). The van der Waals surface area contributed by atoms with Gasteiger partial charge in [0.1, 0.15) is 11.8 Å². The Morgan fingerprint density at radius 3 is 2.90 bits per heavy atom. The molecule has 1 aliphatic rings. The fourth-order valence-corrected chi connectivity index (χ4v) is 2.34. The molecule has 0 saturated carbocycles. The third-order valence-corrected chi connectivity index (χ3v) is 3.35. The lowest BCUT2D eigenvalue weighted by atomic mass is 10.1. The van der Waals surface area contributed by atoms with E-state index in [1.165, 1.54) is 23.1 Å². The minimum atomic E-state index is -0.540. The van der Waals surface area contributed by atoms with Gasteiger partial charge in [-0.15, -0.1) is 0 Å². The number of nitrogens with two attached hydrogens (primary N) is 1. The lowest BCUT2D eigenvalue weighted by Gasteiger charge is -2.23. The third kappa shape index (κ3) is 2.68. The summed E-state index contributed by atoms with van der Waals surface area (Å²) < 4.78 is 4.98. The molecule has 1 amide bonds. The zero-order valence-electron chi connectivity index (χ0n) is 11.3. The number of nitrogen functional groups attached to an aromatic ring is 1. The van der Waals surface area contributed by atoms with Crippen LogP contribution in [-0.2, 0) is 9.53 Å². The number of carbonyl (C=O) groups is 2. The number of likely N-dealkylation sites (tertiary alicyclic amines) is 1. The van der Waals surface area contributed by atoms with Crippen LogP contribution >= 0.6 is 0 Å². The summed E-state index contributed by atoms with van der Waals surface area (Å²) in [5.41, 5.74) is 6.03. The Labute approximate surface area is 117 Å². The van der Waals surface area contributed by atoms with Crippen LogP contribution in [-0.4, -0.2) is 41.1 Å². The van der Waals surface area contributed by atoms with Crippen molar-refractivity contribution < 1.29 is 19.4 Å². The molecule has 108 valence electrons. The molecular formula is C14H18N2O4.